The number of carbonyl (C=O) groups excluding carboxylic acids is 2. The molecule has 1 unspecified atom stereocenters. The van der Waals surface area contributed by atoms with E-state index in [2.05, 4.69) is 47.3 Å². The molecule has 6 heteroatoms. The number of hydrogen-bond acceptors (Lipinski definition) is 3. The van der Waals surface area contributed by atoms with Gasteiger partial charge in [0.25, 0.3) is 11.8 Å². The largest absolute Gasteiger partial charge is 0.321 e. The number of benzene rings is 2. The molecule has 1 aliphatic carbocycles. The van der Waals surface area contributed by atoms with Crippen LogP contribution in [0, 0.1) is 18.3 Å². The van der Waals surface area contributed by atoms with Crippen LogP contribution in [-0.2, 0) is 12.8 Å². The SMILES string of the molecule is Cc1cccc(C(=O)Nc2sc3c(c2C(=O)Nc2ccccc2Br)CCC(C(C)(C)C)C3)c1. The summed E-state index contributed by atoms with van der Waals surface area (Å²) in [6.07, 6.45) is 2.81. The van der Waals surface area contributed by atoms with Gasteiger partial charge in [-0.25, -0.2) is 0 Å². The number of fused-ring (bicyclic) bond motifs is 1. The summed E-state index contributed by atoms with van der Waals surface area (Å²) in [6, 6.07) is 15.0. The maximum Gasteiger partial charge on any atom is 0.258 e. The Kier molecular flexibility index (Phi) is 6.78. The Balaban J connectivity index is 1.70. The monoisotopic (exact) mass is 524 g/mol. The topological polar surface area (TPSA) is 58.2 Å². The molecule has 4 rings (SSSR count). The fourth-order valence-corrected chi connectivity index (χ4v) is 6.07. The van der Waals surface area contributed by atoms with E-state index in [1.807, 2.05) is 49.4 Å². The van der Waals surface area contributed by atoms with Crippen molar-refractivity contribution in [2.45, 2.75) is 47.0 Å². The number of carbonyl (C=O) groups is 2. The Morgan fingerprint density at radius 2 is 1.79 bits per heavy atom. The number of thiophene rings is 1. The van der Waals surface area contributed by atoms with Gasteiger partial charge in [0.05, 0.1) is 11.3 Å². The molecule has 0 fully saturated rings. The number of aryl methyl sites for hydroxylation is 1. The molecule has 3 aromatic rings. The summed E-state index contributed by atoms with van der Waals surface area (Å²) in [4.78, 5) is 27.7. The van der Waals surface area contributed by atoms with E-state index >= 15 is 0 Å². The first-order valence-corrected chi connectivity index (χ1v) is 12.8. The molecule has 0 spiro atoms. The molecule has 2 aromatic carbocycles. The predicted octanol–water partition coefficient (Wildman–Crippen LogP) is 7.47. The van der Waals surface area contributed by atoms with E-state index < -0.39 is 0 Å². The summed E-state index contributed by atoms with van der Waals surface area (Å²) in [7, 11) is 0. The first kappa shape index (κ1) is 23.7. The number of hydrogen-bond donors (Lipinski definition) is 2. The van der Waals surface area contributed by atoms with Crippen LogP contribution in [0.5, 0.6) is 0 Å². The van der Waals surface area contributed by atoms with Crippen LogP contribution in [0.15, 0.2) is 53.0 Å². The van der Waals surface area contributed by atoms with Crippen LogP contribution in [0.1, 0.15) is 63.9 Å². The third-order valence-electron chi connectivity index (χ3n) is 6.35. The summed E-state index contributed by atoms with van der Waals surface area (Å²) in [5.41, 5.74) is 4.19. The average Bonchev–Trinajstić information content (AvgIpc) is 3.11. The van der Waals surface area contributed by atoms with Crippen molar-refractivity contribution in [1.29, 1.82) is 0 Å². The van der Waals surface area contributed by atoms with E-state index in [4.69, 9.17) is 0 Å². The zero-order valence-electron chi connectivity index (χ0n) is 19.4. The fourth-order valence-electron chi connectivity index (χ4n) is 4.36. The molecule has 33 heavy (non-hydrogen) atoms. The number of anilines is 2. The quantitative estimate of drug-likeness (QED) is 0.371. The Morgan fingerprint density at radius 3 is 2.48 bits per heavy atom. The summed E-state index contributed by atoms with van der Waals surface area (Å²) >= 11 is 5.05. The van der Waals surface area contributed by atoms with E-state index in [1.165, 1.54) is 4.88 Å². The zero-order valence-corrected chi connectivity index (χ0v) is 21.8. The van der Waals surface area contributed by atoms with E-state index in [0.29, 0.717) is 27.7 Å². The van der Waals surface area contributed by atoms with Gasteiger partial charge < -0.3 is 10.6 Å². The highest BCUT2D eigenvalue weighted by Gasteiger charge is 2.34. The predicted molar refractivity (Wildman–Crippen MR) is 141 cm³/mol. The van der Waals surface area contributed by atoms with Crippen LogP contribution < -0.4 is 10.6 Å². The normalized spacial score (nSPS) is 15.6. The minimum Gasteiger partial charge on any atom is -0.321 e. The molecule has 4 nitrogen and oxygen atoms in total. The minimum atomic E-state index is -0.195. The van der Waals surface area contributed by atoms with Gasteiger partial charge in [-0.3, -0.25) is 9.59 Å². The second-order valence-corrected chi connectivity index (χ2v) is 11.7. The van der Waals surface area contributed by atoms with Crippen LogP contribution in [0.25, 0.3) is 0 Å². The summed E-state index contributed by atoms with van der Waals surface area (Å²) in [5.74, 6) is 0.163. The lowest BCUT2D eigenvalue weighted by Gasteiger charge is -2.33. The van der Waals surface area contributed by atoms with Crippen molar-refractivity contribution >= 4 is 49.8 Å². The van der Waals surface area contributed by atoms with Crippen molar-refractivity contribution in [1.82, 2.24) is 0 Å². The Labute approximate surface area is 207 Å². The van der Waals surface area contributed by atoms with Gasteiger partial charge in [0.2, 0.25) is 0 Å². The third kappa shape index (κ3) is 5.22. The van der Waals surface area contributed by atoms with Gasteiger partial charge in [0.15, 0.2) is 0 Å². The molecule has 1 aromatic heterocycles. The molecule has 1 atom stereocenters. The van der Waals surface area contributed by atoms with Crippen molar-refractivity contribution in [3.8, 4) is 0 Å². The van der Waals surface area contributed by atoms with Crippen molar-refractivity contribution in [2.24, 2.45) is 11.3 Å². The second-order valence-electron chi connectivity index (χ2n) is 9.77. The standard InChI is InChI=1S/C27H29BrN2O2S/c1-16-8-7-9-17(14-16)24(31)30-26-23(25(32)29-21-11-6-5-10-20(21)28)19-13-12-18(27(2,3)4)15-22(19)33-26/h5-11,14,18H,12-13,15H2,1-4H3,(H,29,32)(H,30,31). The summed E-state index contributed by atoms with van der Waals surface area (Å²) in [5, 5.41) is 6.72. The molecule has 0 radical (unpaired) electrons. The fraction of sp³-hybridized carbons (Fsp3) is 0.333. The van der Waals surface area contributed by atoms with Gasteiger partial charge in [0, 0.05) is 14.9 Å². The minimum absolute atomic E-state index is 0.187. The van der Waals surface area contributed by atoms with Crippen LogP contribution in [0.3, 0.4) is 0 Å². The van der Waals surface area contributed by atoms with Gasteiger partial charge in [-0.2, -0.15) is 0 Å². The smallest absolute Gasteiger partial charge is 0.258 e. The number of para-hydroxylation sites is 1. The number of amides is 2. The van der Waals surface area contributed by atoms with E-state index in [-0.39, 0.29) is 17.2 Å². The molecular weight excluding hydrogens is 496 g/mol. The first-order chi connectivity index (χ1) is 15.6. The van der Waals surface area contributed by atoms with Crippen molar-refractivity contribution in [3.05, 3.63) is 80.1 Å². The zero-order chi connectivity index (χ0) is 23.8. The lowest BCUT2D eigenvalue weighted by atomic mass is 9.72. The van der Waals surface area contributed by atoms with Crippen LogP contribution in [-0.4, -0.2) is 11.8 Å². The number of nitrogens with one attached hydrogen (secondary N) is 2. The lowest BCUT2D eigenvalue weighted by molar-refractivity contribution is 0.102. The van der Waals surface area contributed by atoms with Crippen LogP contribution >= 0.6 is 27.3 Å². The Morgan fingerprint density at radius 1 is 1.03 bits per heavy atom. The third-order valence-corrected chi connectivity index (χ3v) is 8.21. The van der Waals surface area contributed by atoms with Gasteiger partial charge in [-0.05, 0) is 83.3 Å². The highest BCUT2D eigenvalue weighted by molar-refractivity contribution is 9.10. The average molecular weight is 526 g/mol. The van der Waals surface area contributed by atoms with Crippen molar-refractivity contribution in [3.63, 3.8) is 0 Å². The molecule has 2 amide bonds. The number of halogens is 1. The van der Waals surface area contributed by atoms with Gasteiger partial charge in [0.1, 0.15) is 5.00 Å². The summed E-state index contributed by atoms with van der Waals surface area (Å²) in [6.45, 7) is 8.79. The molecular formula is C27H29BrN2O2S. The molecule has 0 saturated heterocycles. The highest BCUT2D eigenvalue weighted by atomic mass is 79.9. The highest BCUT2D eigenvalue weighted by Crippen LogP contribution is 2.44. The Bertz CT molecular complexity index is 1210. The van der Waals surface area contributed by atoms with Crippen molar-refractivity contribution < 1.29 is 9.59 Å². The van der Waals surface area contributed by atoms with E-state index in [0.717, 1.165) is 34.9 Å². The Hall–Kier alpha value is -2.44. The van der Waals surface area contributed by atoms with E-state index in [9.17, 15) is 9.59 Å². The van der Waals surface area contributed by atoms with Crippen LogP contribution in [0.4, 0.5) is 10.7 Å². The van der Waals surface area contributed by atoms with Crippen LogP contribution in [0.2, 0.25) is 0 Å². The molecule has 0 aliphatic heterocycles. The van der Waals surface area contributed by atoms with Crippen molar-refractivity contribution in [2.75, 3.05) is 10.6 Å². The maximum absolute atomic E-state index is 13.5. The van der Waals surface area contributed by atoms with E-state index in [1.54, 1.807) is 17.4 Å². The molecule has 1 aliphatic rings. The molecule has 2 N–H and O–H groups in total. The second kappa shape index (κ2) is 9.43. The number of rotatable bonds is 4. The molecule has 172 valence electrons. The van der Waals surface area contributed by atoms with Gasteiger partial charge in [-0.15, -0.1) is 11.3 Å². The lowest BCUT2D eigenvalue weighted by Crippen LogP contribution is -2.27. The molecule has 1 heterocycles. The molecule has 0 saturated carbocycles. The first-order valence-electron chi connectivity index (χ1n) is 11.2. The summed E-state index contributed by atoms with van der Waals surface area (Å²) < 4.78 is 0.820. The van der Waals surface area contributed by atoms with Gasteiger partial charge >= 0.3 is 0 Å². The van der Waals surface area contributed by atoms with Gasteiger partial charge in [-0.1, -0.05) is 50.6 Å². The molecule has 0 bridgehead atoms. The maximum atomic E-state index is 13.5.